The first-order valence-electron chi connectivity index (χ1n) is 13.0. The summed E-state index contributed by atoms with van der Waals surface area (Å²) in [6.45, 7) is 6.17. The number of rotatable bonds is 11. The van der Waals surface area contributed by atoms with Gasteiger partial charge in [-0.3, -0.25) is 9.59 Å². The van der Waals surface area contributed by atoms with Gasteiger partial charge in [0.15, 0.2) is 0 Å². The van der Waals surface area contributed by atoms with E-state index >= 15 is 0 Å². The molecular weight excluding hydrogens is 506 g/mol. The van der Waals surface area contributed by atoms with E-state index in [1.807, 2.05) is 51.1 Å². The molecule has 1 fully saturated rings. The van der Waals surface area contributed by atoms with Crippen molar-refractivity contribution in [2.75, 3.05) is 13.1 Å². The summed E-state index contributed by atoms with van der Waals surface area (Å²) in [7, 11) is -3.90. The minimum Gasteiger partial charge on any atom is -0.480 e. The Morgan fingerprint density at radius 2 is 1.63 bits per heavy atom. The lowest BCUT2D eigenvalue weighted by Gasteiger charge is -2.35. The first kappa shape index (κ1) is 29.3. The van der Waals surface area contributed by atoms with Crippen LogP contribution < -0.4 is 10.0 Å². The monoisotopic (exact) mass is 543 g/mol. The maximum Gasteiger partial charge on any atom is 0.326 e. The molecule has 1 heterocycles. The smallest absolute Gasteiger partial charge is 0.326 e. The van der Waals surface area contributed by atoms with E-state index < -0.39 is 34.0 Å². The van der Waals surface area contributed by atoms with Crippen molar-refractivity contribution in [1.82, 2.24) is 14.9 Å². The summed E-state index contributed by atoms with van der Waals surface area (Å²) >= 11 is 0. The Hall–Kier alpha value is -3.24. The first-order valence-corrected chi connectivity index (χ1v) is 14.4. The molecule has 3 atom stereocenters. The summed E-state index contributed by atoms with van der Waals surface area (Å²) in [5, 5.41) is 12.2. The van der Waals surface area contributed by atoms with Crippen molar-refractivity contribution in [3.8, 4) is 0 Å². The number of amides is 2. The molecule has 1 saturated heterocycles. The zero-order valence-electron chi connectivity index (χ0n) is 22.1. The molecule has 206 valence electrons. The van der Waals surface area contributed by atoms with E-state index in [-0.39, 0.29) is 42.1 Å². The fraction of sp³-hybridized carbons (Fsp3) is 0.464. The minimum atomic E-state index is -3.90. The van der Waals surface area contributed by atoms with Gasteiger partial charge >= 0.3 is 5.97 Å². The van der Waals surface area contributed by atoms with Crippen molar-refractivity contribution in [3.05, 3.63) is 65.7 Å². The molecule has 0 aromatic heterocycles. The van der Waals surface area contributed by atoms with E-state index in [0.717, 1.165) is 11.1 Å². The van der Waals surface area contributed by atoms with E-state index in [1.165, 1.54) is 12.1 Å². The zero-order valence-corrected chi connectivity index (χ0v) is 22.9. The number of carbonyl (C=O) groups is 3. The Bertz CT molecular complexity index is 1210. The van der Waals surface area contributed by atoms with Gasteiger partial charge in [-0.05, 0) is 43.4 Å². The van der Waals surface area contributed by atoms with Gasteiger partial charge in [-0.15, -0.1) is 0 Å². The topological polar surface area (TPSA) is 133 Å². The minimum absolute atomic E-state index is 0.100. The molecule has 2 amide bonds. The second-order valence-electron chi connectivity index (χ2n) is 9.99. The lowest BCUT2D eigenvalue weighted by Crippen LogP contribution is -2.54. The van der Waals surface area contributed by atoms with Crippen LogP contribution in [0, 0.1) is 18.8 Å². The van der Waals surface area contributed by atoms with Crippen molar-refractivity contribution in [2.45, 2.75) is 63.4 Å². The molecule has 10 heteroatoms. The van der Waals surface area contributed by atoms with Crippen LogP contribution in [0.3, 0.4) is 0 Å². The number of nitrogens with zero attached hydrogens (tertiary/aromatic N) is 1. The number of piperidine rings is 1. The number of carboxylic acid groups (broad SMARTS) is 1. The molecule has 0 saturated carbocycles. The second kappa shape index (κ2) is 13.0. The van der Waals surface area contributed by atoms with Crippen LogP contribution in [0.2, 0.25) is 0 Å². The Morgan fingerprint density at radius 3 is 2.18 bits per heavy atom. The van der Waals surface area contributed by atoms with Gasteiger partial charge in [0, 0.05) is 25.4 Å². The summed E-state index contributed by atoms with van der Waals surface area (Å²) in [6, 6.07) is 13.6. The number of carbonyl (C=O) groups excluding carboxylic acids is 2. The lowest BCUT2D eigenvalue weighted by atomic mass is 9.93. The molecule has 1 aliphatic heterocycles. The van der Waals surface area contributed by atoms with Gasteiger partial charge in [0.2, 0.25) is 21.8 Å². The largest absolute Gasteiger partial charge is 0.480 e. The molecule has 0 spiro atoms. The average Bonchev–Trinajstić information content (AvgIpc) is 2.91. The summed E-state index contributed by atoms with van der Waals surface area (Å²) in [5.74, 6) is -2.44. The number of aliphatic carboxylic acids is 1. The molecule has 3 N–H and O–H groups in total. The van der Waals surface area contributed by atoms with E-state index in [2.05, 4.69) is 10.0 Å². The van der Waals surface area contributed by atoms with Crippen LogP contribution in [0.4, 0.5) is 0 Å². The number of hydrogen-bond donors (Lipinski definition) is 3. The van der Waals surface area contributed by atoms with Crippen LogP contribution in [-0.2, 0) is 30.8 Å². The maximum atomic E-state index is 13.4. The van der Waals surface area contributed by atoms with E-state index in [0.29, 0.717) is 19.3 Å². The van der Waals surface area contributed by atoms with E-state index in [1.54, 1.807) is 17.0 Å². The first-order chi connectivity index (χ1) is 18.0. The molecule has 2 aromatic rings. The summed E-state index contributed by atoms with van der Waals surface area (Å²) in [6.07, 6.45) is 1.51. The molecule has 0 aliphatic carbocycles. The normalized spacial score (nSPS) is 16.9. The number of aryl methyl sites for hydroxylation is 1. The Morgan fingerprint density at radius 1 is 1.03 bits per heavy atom. The van der Waals surface area contributed by atoms with Crippen molar-refractivity contribution in [2.24, 2.45) is 11.8 Å². The Kier molecular flexibility index (Phi) is 10.0. The maximum absolute atomic E-state index is 13.4. The van der Waals surface area contributed by atoms with Crippen LogP contribution in [0.15, 0.2) is 59.5 Å². The second-order valence-corrected chi connectivity index (χ2v) is 11.7. The molecular formula is C28H37N3O6S. The molecule has 1 aliphatic rings. The van der Waals surface area contributed by atoms with Crippen molar-refractivity contribution < 1.29 is 27.9 Å². The number of likely N-dealkylation sites (tertiary alicyclic amines) is 1. The van der Waals surface area contributed by atoms with Crippen molar-refractivity contribution in [1.29, 1.82) is 0 Å². The summed E-state index contributed by atoms with van der Waals surface area (Å²) < 4.78 is 28.6. The molecule has 9 nitrogen and oxygen atoms in total. The van der Waals surface area contributed by atoms with Crippen LogP contribution >= 0.6 is 0 Å². The fourth-order valence-corrected chi connectivity index (χ4v) is 5.79. The van der Waals surface area contributed by atoms with Crippen molar-refractivity contribution in [3.63, 3.8) is 0 Å². The standard InChI is InChI=1S/C28H37N3O6S/c1-4-20(3)25(30-38(36,37)23-12-10-19(2)11-13-23)27(33)31-16-14-22(15-17-31)26(32)29-24(28(34)35)18-21-8-6-5-7-9-21/h5-13,20,22,24-25,30H,4,14-18H2,1-3H3,(H,29,32)(H,34,35)/t20-,24+,25+/m1/s1. The molecule has 3 rings (SSSR count). The van der Waals surface area contributed by atoms with Crippen LogP contribution in [0.1, 0.15) is 44.2 Å². The molecule has 2 aromatic carbocycles. The zero-order chi connectivity index (χ0) is 27.9. The van der Waals surface area contributed by atoms with Gasteiger partial charge < -0.3 is 15.3 Å². The number of nitrogens with one attached hydrogen (secondary N) is 2. The quantitative estimate of drug-likeness (QED) is 0.399. The molecule has 0 bridgehead atoms. The summed E-state index contributed by atoms with van der Waals surface area (Å²) in [5.41, 5.74) is 1.74. The molecule has 38 heavy (non-hydrogen) atoms. The highest BCUT2D eigenvalue weighted by Gasteiger charge is 2.36. The number of benzene rings is 2. The third-order valence-corrected chi connectivity index (χ3v) is 8.62. The number of hydrogen-bond acceptors (Lipinski definition) is 5. The van der Waals surface area contributed by atoms with Gasteiger partial charge in [-0.25, -0.2) is 13.2 Å². The van der Waals surface area contributed by atoms with Gasteiger partial charge in [-0.2, -0.15) is 4.72 Å². The average molecular weight is 544 g/mol. The van der Waals surface area contributed by atoms with Gasteiger partial charge in [0.05, 0.1) is 4.90 Å². The fourth-order valence-electron chi connectivity index (χ4n) is 4.50. The highest BCUT2D eigenvalue weighted by atomic mass is 32.2. The lowest BCUT2D eigenvalue weighted by molar-refractivity contribution is -0.143. The Labute approximate surface area is 224 Å². The third-order valence-electron chi connectivity index (χ3n) is 7.17. The van der Waals surface area contributed by atoms with Gasteiger partial charge in [-0.1, -0.05) is 68.3 Å². The SMILES string of the molecule is CC[C@@H](C)[C@H](NS(=O)(=O)c1ccc(C)cc1)C(=O)N1CCC(C(=O)N[C@@H](Cc2ccccc2)C(=O)O)CC1. The van der Waals surface area contributed by atoms with Crippen LogP contribution in [0.5, 0.6) is 0 Å². The highest BCUT2D eigenvalue weighted by Crippen LogP contribution is 2.22. The number of sulfonamides is 1. The molecule has 0 unspecified atom stereocenters. The Balaban J connectivity index is 1.62. The number of carboxylic acids is 1. The van der Waals surface area contributed by atoms with Crippen molar-refractivity contribution >= 4 is 27.8 Å². The van der Waals surface area contributed by atoms with Gasteiger partial charge in [0.1, 0.15) is 12.1 Å². The van der Waals surface area contributed by atoms with Crippen LogP contribution in [0.25, 0.3) is 0 Å². The highest BCUT2D eigenvalue weighted by molar-refractivity contribution is 7.89. The summed E-state index contributed by atoms with van der Waals surface area (Å²) in [4.78, 5) is 39.7. The predicted molar refractivity (Wildman–Crippen MR) is 144 cm³/mol. The van der Waals surface area contributed by atoms with E-state index in [4.69, 9.17) is 0 Å². The third kappa shape index (κ3) is 7.64. The molecule has 0 radical (unpaired) electrons. The van der Waals surface area contributed by atoms with Gasteiger partial charge in [0.25, 0.3) is 0 Å². The predicted octanol–water partition coefficient (Wildman–Crippen LogP) is 2.74. The van der Waals surface area contributed by atoms with Crippen LogP contribution in [-0.4, -0.2) is 61.4 Å². The van der Waals surface area contributed by atoms with E-state index in [9.17, 15) is 27.9 Å².